The van der Waals surface area contributed by atoms with Crippen LogP contribution in [0.1, 0.15) is 11.9 Å². The highest BCUT2D eigenvalue weighted by molar-refractivity contribution is 7.81. The summed E-state index contributed by atoms with van der Waals surface area (Å²) in [7, 11) is -8.21. The van der Waals surface area contributed by atoms with Gasteiger partial charge in [0.2, 0.25) is 0 Å². The van der Waals surface area contributed by atoms with E-state index in [0.717, 1.165) is 0 Å². The largest absolute Gasteiger partial charge is 0.488 e. The van der Waals surface area contributed by atoms with Gasteiger partial charge in [-0.1, -0.05) is 34.2 Å². The van der Waals surface area contributed by atoms with E-state index in [1.165, 1.54) is 48.5 Å². The summed E-state index contributed by atoms with van der Waals surface area (Å²) in [6, 6.07) is 19.8. The van der Waals surface area contributed by atoms with Crippen molar-refractivity contribution in [2.45, 2.75) is 6.29 Å². The van der Waals surface area contributed by atoms with E-state index in [1.54, 1.807) is 12.1 Å². The molecule has 0 aromatic heterocycles. The second-order valence-corrected chi connectivity index (χ2v) is 6.95. The maximum Gasteiger partial charge on any atom is 0.488 e. The third-order valence-corrected chi connectivity index (χ3v) is 3.78. The summed E-state index contributed by atoms with van der Waals surface area (Å²) in [5.41, 5.74) is 0.702. The molecule has 8 nitrogen and oxygen atoms in total. The predicted octanol–water partition coefficient (Wildman–Crippen LogP) is 3.57. The van der Waals surface area contributed by atoms with Crippen molar-refractivity contribution in [2.75, 3.05) is 0 Å². The lowest BCUT2D eigenvalue weighted by Gasteiger charge is -2.21. The van der Waals surface area contributed by atoms with Crippen LogP contribution in [0.15, 0.2) is 78.9 Å². The van der Waals surface area contributed by atoms with Crippen molar-refractivity contribution in [1.29, 1.82) is 0 Å². The molecular weight excluding hydrogens is 458 g/mol. The molecular formula is C19H14F2O8S2. The van der Waals surface area contributed by atoms with Crippen LogP contribution in [0.5, 0.6) is 17.2 Å². The Morgan fingerprint density at radius 1 is 0.710 bits per heavy atom. The van der Waals surface area contributed by atoms with Gasteiger partial charge in [0.15, 0.2) is 0 Å². The van der Waals surface area contributed by atoms with Crippen LogP contribution in [0.3, 0.4) is 0 Å². The van der Waals surface area contributed by atoms with Crippen LogP contribution in [0.25, 0.3) is 0 Å². The third-order valence-electron chi connectivity index (χ3n) is 3.39. The highest BCUT2D eigenvalue weighted by Crippen LogP contribution is 2.27. The van der Waals surface area contributed by atoms with E-state index in [0.29, 0.717) is 17.1 Å². The molecule has 0 spiro atoms. The molecule has 0 radical (unpaired) electrons. The summed E-state index contributed by atoms with van der Waals surface area (Å²) in [5, 5.41) is 0. The maximum atomic E-state index is 13.1. The fraction of sp³-hybridized carbons (Fsp3) is 0.0526. The molecule has 0 aliphatic heterocycles. The zero-order valence-corrected chi connectivity index (χ0v) is 17.1. The summed E-state index contributed by atoms with van der Waals surface area (Å²) in [6.07, 6.45) is -0.853. The molecule has 31 heavy (non-hydrogen) atoms. The van der Waals surface area contributed by atoms with Crippen molar-refractivity contribution < 1.29 is 43.0 Å². The minimum absolute atomic E-state index is 0.194. The van der Waals surface area contributed by atoms with E-state index in [4.69, 9.17) is 22.1 Å². The minimum atomic E-state index is -5.10. The second kappa shape index (κ2) is 11.0. The smallest absolute Gasteiger partial charge is 0.451 e. The highest BCUT2D eigenvalue weighted by atomic mass is 32.3. The van der Waals surface area contributed by atoms with E-state index in [9.17, 15) is 16.7 Å². The lowest BCUT2D eigenvalue weighted by Crippen LogP contribution is -2.15. The molecule has 0 aliphatic carbocycles. The quantitative estimate of drug-likeness (QED) is 0.379. The van der Waals surface area contributed by atoms with Crippen molar-refractivity contribution in [3.05, 3.63) is 90.2 Å². The molecule has 164 valence electrons. The Morgan fingerprint density at radius 2 is 1.13 bits per heavy atom. The molecule has 0 heterocycles. The monoisotopic (exact) mass is 472 g/mol. The lowest BCUT2D eigenvalue weighted by molar-refractivity contribution is 0.00373. The second-order valence-electron chi connectivity index (χ2n) is 5.58. The van der Waals surface area contributed by atoms with Gasteiger partial charge in [0.05, 0.1) is 0 Å². The first kappa shape index (κ1) is 23.8. The topological polar surface area (TPSA) is 113 Å². The van der Waals surface area contributed by atoms with Crippen molar-refractivity contribution in [3.8, 4) is 17.2 Å². The summed E-state index contributed by atoms with van der Waals surface area (Å²) >= 11 is 0. The molecule has 1 atom stereocenters. The maximum absolute atomic E-state index is 13.1. The van der Waals surface area contributed by atoms with E-state index in [2.05, 4.69) is 4.18 Å². The zero-order valence-electron chi connectivity index (χ0n) is 15.4. The Hall–Kier alpha value is -3.51. The summed E-state index contributed by atoms with van der Waals surface area (Å²) in [5.74, 6) is 0.141. The van der Waals surface area contributed by atoms with E-state index >= 15 is 0 Å². The molecule has 3 rings (SSSR count). The van der Waals surface area contributed by atoms with Gasteiger partial charge in [-0.05, 0) is 48.5 Å². The van der Waals surface area contributed by atoms with E-state index in [-0.39, 0.29) is 5.75 Å². The van der Waals surface area contributed by atoms with E-state index in [1.807, 2.05) is 18.2 Å². The van der Waals surface area contributed by atoms with Crippen LogP contribution in [0, 0.1) is 5.82 Å². The van der Waals surface area contributed by atoms with Crippen LogP contribution in [0.2, 0.25) is 0 Å². The average Bonchev–Trinajstić information content (AvgIpc) is 2.70. The Morgan fingerprint density at radius 3 is 1.58 bits per heavy atom. The average molecular weight is 472 g/mol. The number of hydrogen-bond acceptors (Lipinski definition) is 8. The fourth-order valence-electron chi connectivity index (χ4n) is 2.22. The van der Waals surface area contributed by atoms with Crippen LogP contribution in [-0.4, -0.2) is 21.0 Å². The van der Waals surface area contributed by atoms with E-state index < -0.39 is 33.2 Å². The van der Waals surface area contributed by atoms with Gasteiger partial charge in [0.1, 0.15) is 23.1 Å². The Labute approximate surface area is 178 Å². The molecule has 12 heteroatoms. The van der Waals surface area contributed by atoms with Gasteiger partial charge in [-0.15, -0.1) is 12.6 Å². The number of hydrogen-bond donors (Lipinski definition) is 0. The molecule has 0 bridgehead atoms. The van der Waals surface area contributed by atoms with Gasteiger partial charge in [-0.2, -0.15) is 8.42 Å². The standard InChI is InChI=1S/C19H14F2O5S.O3S/c20-15-6-8-16(9-7-15)24-19(14-4-2-1-3-5-14)25-17-10-12-18(13-11-17)26-27(21,22)23;1-4(2)3/h1-13,19H;. The molecule has 3 aromatic rings. The van der Waals surface area contributed by atoms with Gasteiger partial charge < -0.3 is 13.7 Å². The SMILES string of the molecule is O=S(=O)(F)Oc1ccc(OC(Oc2ccc(F)cc2)c2ccccc2)cc1.O=S(=O)=O. The van der Waals surface area contributed by atoms with Crippen molar-refractivity contribution in [2.24, 2.45) is 0 Å². The first-order valence-electron chi connectivity index (χ1n) is 8.27. The van der Waals surface area contributed by atoms with Gasteiger partial charge >= 0.3 is 21.1 Å². The Kier molecular flexibility index (Phi) is 8.46. The fourth-order valence-corrected chi connectivity index (χ4v) is 2.56. The predicted molar refractivity (Wildman–Crippen MR) is 104 cm³/mol. The molecule has 0 fully saturated rings. The van der Waals surface area contributed by atoms with Crippen LogP contribution in [0.4, 0.5) is 8.28 Å². The normalized spacial score (nSPS) is 11.4. The number of ether oxygens (including phenoxy) is 2. The molecule has 0 aliphatic rings. The molecule has 0 amide bonds. The highest BCUT2D eigenvalue weighted by Gasteiger charge is 2.16. The van der Waals surface area contributed by atoms with Crippen molar-refractivity contribution in [3.63, 3.8) is 0 Å². The third kappa shape index (κ3) is 9.23. The number of halogens is 2. The zero-order chi connectivity index (χ0) is 22.9. The van der Waals surface area contributed by atoms with Gasteiger partial charge in [-0.3, -0.25) is 0 Å². The van der Waals surface area contributed by atoms with Gasteiger partial charge in [0.25, 0.3) is 6.29 Å². The molecule has 0 saturated heterocycles. The first-order chi connectivity index (χ1) is 14.6. The van der Waals surface area contributed by atoms with Crippen LogP contribution < -0.4 is 13.7 Å². The molecule has 0 saturated carbocycles. The molecule has 3 aromatic carbocycles. The first-order valence-corrected chi connectivity index (χ1v) is 10.6. The van der Waals surface area contributed by atoms with Crippen molar-refractivity contribution >= 4 is 21.1 Å². The van der Waals surface area contributed by atoms with Crippen LogP contribution in [-0.2, 0) is 21.1 Å². The van der Waals surface area contributed by atoms with Gasteiger partial charge in [0, 0.05) is 5.56 Å². The summed E-state index contributed by atoms with van der Waals surface area (Å²) in [4.78, 5) is 0. The van der Waals surface area contributed by atoms with Gasteiger partial charge in [-0.25, -0.2) is 4.39 Å². The molecule has 0 N–H and O–H groups in total. The number of benzene rings is 3. The van der Waals surface area contributed by atoms with Crippen molar-refractivity contribution in [1.82, 2.24) is 0 Å². The Bertz CT molecular complexity index is 1180. The molecule has 1 unspecified atom stereocenters. The number of rotatable bonds is 7. The minimum Gasteiger partial charge on any atom is -0.451 e. The van der Waals surface area contributed by atoms with Crippen LogP contribution >= 0.6 is 0 Å². The Balaban J connectivity index is 0.000000785. The summed E-state index contributed by atoms with van der Waals surface area (Å²) in [6.45, 7) is 0. The lowest BCUT2D eigenvalue weighted by atomic mass is 10.2. The summed E-state index contributed by atoms with van der Waals surface area (Å²) < 4.78 is 87.7.